The van der Waals surface area contributed by atoms with E-state index >= 15 is 0 Å². The van der Waals surface area contributed by atoms with Crippen molar-refractivity contribution in [2.24, 2.45) is 0 Å². The number of aryl methyl sites for hydroxylation is 1. The molecule has 11 heteroatoms. The van der Waals surface area contributed by atoms with Crippen molar-refractivity contribution in [2.45, 2.75) is 19.0 Å². The second-order valence-corrected chi connectivity index (χ2v) is 7.12. The Labute approximate surface area is 190 Å². The molecule has 2 heterocycles. The first-order valence-corrected chi connectivity index (χ1v) is 10.0. The zero-order valence-electron chi connectivity index (χ0n) is 17.4. The highest BCUT2D eigenvalue weighted by Gasteiger charge is 2.34. The Hall–Kier alpha value is -4.41. The molecule has 0 saturated heterocycles. The molecule has 2 aromatic carbocycles. The number of furan rings is 1. The highest BCUT2D eigenvalue weighted by atomic mass is 19.4. The lowest BCUT2D eigenvalue weighted by atomic mass is 10.1. The van der Waals surface area contributed by atoms with Crippen LogP contribution in [-0.2, 0) is 17.4 Å². The summed E-state index contributed by atoms with van der Waals surface area (Å²) in [7, 11) is 0. The van der Waals surface area contributed by atoms with Gasteiger partial charge in [0.1, 0.15) is 0 Å². The third kappa shape index (κ3) is 5.49. The third-order valence-corrected chi connectivity index (χ3v) is 4.67. The van der Waals surface area contributed by atoms with Crippen LogP contribution in [0.5, 0.6) is 0 Å². The lowest BCUT2D eigenvalue weighted by molar-refractivity contribution is -0.136. The fourth-order valence-electron chi connectivity index (χ4n) is 3.06. The molecule has 0 bridgehead atoms. The second-order valence-electron chi connectivity index (χ2n) is 7.12. The van der Waals surface area contributed by atoms with Crippen molar-refractivity contribution in [1.29, 1.82) is 0 Å². The zero-order chi connectivity index (χ0) is 24.1. The molecule has 0 atom stereocenters. The van der Waals surface area contributed by atoms with Gasteiger partial charge in [0, 0.05) is 24.1 Å². The van der Waals surface area contributed by atoms with Gasteiger partial charge in [-0.2, -0.15) is 18.2 Å². The van der Waals surface area contributed by atoms with Crippen LogP contribution in [0.25, 0.3) is 11.4 Å². The van der Waals surface area contributed by atoms with Crippen molar-refractivity contribution in [3.63, 3.8) is 0 Å². The van der Waals surface area contributed by atoms with Crippen molar-refractivity contribution in [1.82, 2.24) is 10.1 Å². The maximum atomic E-state index is 13.6. The average Bonchev–Trinajstić information content (AvgIpc) is 3.51. The van der Waals surface area contributed by atoms with E-state index in [0.29, 0.717) is 5.82 Å². The topological polar surface area (TPSA) is 110 Å². The molecular weight excluding hydrogens is 453 g/mol. The molecule has 0 fully saturated rings. The normalized spacial score (nSPS) is 11.3. The van der Waals surface area contributed by atoms with Crippen LogP contribution < -0.4 is 10.6 Å². The third-order valence-electron chi connectivity index (χ3n) is 4.67. The molecule has 0 unspecified atom stereocenters. The number of carbonyl (C=O) groups is 2. The molecule has 0 spiro atoms. The van der Waals surface area contributed by atoms with Gasteiger partial charge in [0.15, 0.2) is 5.76 Å². The number of hydrogen-bond donors (Lipinski definition) is 2. The van der Waals surface area contributed by atoms with Crippen LogP contribution in [0.3, 0.4) is 0 Å². The smallest absolute Gasteiger partial charge is 0.418 e. The van der Waals surface area contributed by atoms with E-state index < -0.39 is 29.2 Å². The first kappa shape index (κ1) is 22.8. The summed E-state index contributed by atoms with van der Waals surface area (Å²) in [6.45, 7) is 0. The molecule has 0 radical (unpaired) electrons. The van der Waals surface area contributed by atoms with E-state index in [1.54, 1.807) is 12.1 Å². The van der Waals surface area contributed by atoms with E-state index in [1.165, 1.54) is 24.5 Å². The molecule has 4 rings (SSSR count). The van der Waals surface area contributed by atoms with Gasteiger partial charge < -0.3 is 19.6 Å². The Morgan fingerprint density at radius 2 is 1.76 bits per heavy atom. The summed E-state index contributed by atoms with van der Waals surface area (Å²) in [5.74, 6) is -0.896. The molecule has 0 saturated carbocycles. The number of halogens is 3. The minimum atomic E-state index is -4.77. The summed E-state index contributed by atoms with van der Waals surface area (Å²) in [6, 6.07) is 14.9. The van der Waals surface area contributed by atoms with E-state index in [4.69, 9.17) is 8.94 Å². The van der Waals surface area contributed by atoms with Gasteiger partial charge in [0.25, 0.3) is 5.91 Å². The molecule has 2 N–H and O–H groups in total. The molecule has 2 aromatic heterocycles. The Morgan fingerprint density at radius 1 is 0.971 bits per heavy atom. The summed E-state index contributed by atoms with van der Waals surface area (Å²) in [4.78, 5) is 28.5. The van der Waals surface area contributed by atoms with Crippen LogP contribution in [0.2, 0.25) is 0 Å². The molecule has 0 aliphatic rings. The molecule has 2 amide bonds. The van der Waals surface area contributed by atoms with E-state index in [1.807, 2.05) is 18.2 Å². The Morgan fingerprint density at radius 3 is 2.47 bits per heavy atom. The number of nitrogens with one attached hydrogen (secondary N) is 2. The number of hydrogen-bond acceptors (Lipinski definition) is 6. The molecule has 34 heavy (non-hydrogen) atoms. The van der Waals surface area contributed by atoms with E-state index in [2.05, 4.69) is 20.8 Å². The summed E-state index contributed by atoms with van der Waals surface area (Å²) < 4.78 is 50.8. The van der Waals surface area contributed by atoms with E-state index in [-0.39, 0.29) is 30.2 Å². The van der Waals surface area contributed by atoms with Crippen molar-refractivity contribution < 1.29 is 31.7 Å². The van der Waals surface area contributed by atoms with Crippen LogP contribution in [0.1, 0.15) is 28.4 Å². The van der Waals surface area contributed by atoms with Gasteiger partial charge in [-0.15, -0.1) is 0 Å². The fourth-order valence-corrected chi connectivity index (χ4v) is 3.06. The standard InChI is InChI=1S/C23H17F3N4O4/c24-23(25,26)16-13-15(27-22(32)18-7-4-12-33-18)8-9-17(16)28-19(31)10-11-20-29-21(30-34-20)14-5-2-1-3-6-14/h1-9,12-13H,10-11H2,(H,27,32)(H,28,31). The van der Waals surface area contributed by atoms with Crippen LogP contribution in [0.15, 0.2) is 75.9 Å². The van der Waals surface area contributed by atoms with Crippen LogP contribution in [0, 0.1) is 0 Å². The number of aromatic nitrogens is 2. The van der Waals surface area contributed by atoms with Gasteiger partial charge >= 0.3 is 6.18 Å². The highest BCUT2D eigenvalue weighted by molar-refractivity contribution is 6.02. The molecule has 0 aliphatic heterocycles. The molecule has 4 aromatic rings. The quantitative estimate of drug-likeness (QED) is 0.386. The number of rotatable bonds is 7. The summed E-state index contributed by atoms with van der Waals surface area (Å²) in [6.07, 6.45) is -3.63. The molecular formula is C23H17F3N4O4. The minimum Gasteiger partial charge on any atom is -0.459 e. The molecule has 0 aliphatic carbocycles. The summed E-state index contributed by atoms with van der Waals surface area (Å²) in [5, 5.41) is 8.42. The van der Waals surface area contributed by atoms with Crippen molar-refractivity contribution >= 4 is 23.2 Å². The Bertz CT molecular complexity index is 1290. The highest BCUT2D eigenvalue weighted by Crippen LogP contribution is 2.36. The van der Waals surface area contributed by atoms with Gasteiger partial charge in [-0.1, -0.05) is 35.5 Å². The van der Waals surface area contributed by atoms with Gasteiger partial charge in [-0.3, -0.25) is 9.59 Å². The number of nitrogens with zero attached hydrogens (tertiary/aromatic N) is 2. The second kappa shape index (κ2) is 9.61. The van der Waals surface area contributed by atoms with Crippen molar-refractivity contribution in [3.05, 3.63) is 84.1 Å². The number of alkyl halides is 3. The molecule has 174 valence electrons. The van der Waals surface area contributed by atoms with Crippen LogP contribution in [0.4, 0.5) is 24.5 Å². The maximum absolute atomic E-state index is 13.6. The number of anilines is 2. The fraction of sp³-hybridized carbons (Fsp3) is 0.130. The Balaban J connectivity index is 1.41. The summed E-state index contributed by atoms with van der Waals surface area (Å²) >= 11 is 0. The maximum Gasteiger partial charge on any atom is 0.418 e. The average molecular weight is 470 g/mol. The first-order valence-electron chi connectivity index (χ1n) is 10.0. The Kier molecular flexibility index (Phi) is 6.44. The first-order chi connectivity index (χ1) is 16.3. The van der Waals surface area contributed by atoms with Gasteiger partial charge in [-0.25, -0.2) is 0 Å². The van der Waals surface area contributed by atoms with Gasteiger partial charge in [0.05, 0.1) is 17.5 Å². The predicted molar refractivity (Wildman–Crippen MR) is 115 cm³/mol. The van der Waals surface area contributed by atoms with Crippen LogP contribution in [-0.4, -0.2) is 22.0 Å². The van der Waals surface area contributed by atoms with Gasteiger partial charge in [-0.05, 0) is 30.3 Å². The SMILES string of the molecule is O=C(CCc1nc(-c2ccccc2)no1)Nc1ccc(NC(=O)c2ccco2)cc1C(F)(F)F. The minimum absolute atomic E-state index is 0.0459. The number of carbonyl (C=O) groups excluding carboxylic acids is 2. The lowest BCUT2D eigenvalue weighted by Crippen LogP contribution is -2.18. The largest absolute Gasteiger partial charge is 0.459 e. The number of benzene rings is 2. The monoisotopic (exact) mass is 470 g/mol. The van der Waals surface area contributed by atoms with E-state index in [0.717, 1.165) is 17.7 Å². The predicted octanol–water partition coefficient (Wildman–Crippen LogP) is 5.17. The van der Waals surface area contributed by atoms with Crippen molar-refractivity contribution in [3.8, 4) is 11.4 Å². The lowest BCUT2D eigenvalue weighted by Gasteiger charge is -2.15. The van der Waals surface area contributed by atoms with Crippen LogP contribution >= 0.6 is 0 Å². The van der Waals surface area contributed by atoms with Gasteiger partial charge in [0.2, 0.25) is 17.6 Å². The number of amides is 2. The molecule has 8 nitrogen and oxygen atoms in total. The van der Waals surface area contributed by atoms with E-state index in [9.17, 15) is 22.8 Å². The van der Waals surface area contributed by atoms with Crippen molar-refractivity contribution in [2.75, 3.05) is 10.6 Å². The zero-order valence-corrected chi connectivity index (χ0v) is 17.4. The summed E-state index contributed by atoms with van der Waals surface area (Å²) in [5.41, 5.74) is -0.923.